The maximum atomic E-state index is 6.93. The summed E-state index contributed by atoms with van der Waals surface area (Å²) in [5.74, 6) is 6.36. The summed E-state index contributed by atoms with van der Waals surface area (Å²) in [4.78, 5) is 0. The van der Waals surface area contributed by atoms with Gasteiger partial charge in [0.05, 0.1) is 0 Å². The molecule has 0 amide bonds. The average molecular weight is 352 g/mol. The number of fused-ring (bicyclic) bond motifs is 11. The van der Waals surface area contributed by atoms with Gasteiger partial charge in [-0.1, -0.05) is 60.7 Å². The second kappa shape index (κ2) is 5.16. The van der Waals surface area contributed by atoms with Gasteiger partial charge in [0.15, 0.2) is 0 Å². The van der Waals surface area contributed by atoms with E-state index < -0.39 is 0 Å². The minimum Gasteiger partial charge on any atom is -0.489 e. The monoisotopic (exact) mass is 352 g/mol. The highest BCUT2D eigenvalue weighted by molar-refractivity contribution is 6.05. The van der Waals surface area contributed by atoms with E-state index in [1.165, 1.54) is 40.8 Å². The number of benzene rings is 3. The van der Waals surface area contributed by atoms with Gasteiger partial charge in [-0.2, -0.15) is 0 Å². The van der Waals surface area contributed by atoms with Crippen LogP contribution >= 0.6 is 0 Å². The largest absolute Gasteiger partial charge is 0.489 e. The molecule has 0 aliphatic heterocycles. The molecule has 7 rings (SSSR count). The zero-order chi connectivity index (χ0) is 17.5. The fourth-order valence-electron chi connectivity index (χ4n) is 7.34. The fourth-order valence-corrected chi connectivity index (χ4v) is 7.34. The van der Waals surface area contributed by atoms with Crippen LogP contribution in [-0.2, 0) is 0 Å². The first-order chi connectivity index (χ1) is 13.4. The summed E-state index contributed by atoms with van der Waals surface area (Å²) in [7, 11) is 0. The molecule has 3 saturated carbocycles. The predicted molar refractivity (Wildman–Crippen MR) is 110 cm³/mol. The third-order valence-electron chi connectivity index (χ3n) is 8.20. The van der Waals surface area contributed by atoms with Crippen LogP contribution in [0, 0.1) is 35.5 Å². The third kappa shape index (κ3) is 1.90. The van der Waals surface area contributed by atoms with Gasteiger partial charge in [0.1, 0.15) is 11.9 Å². The molecule has 1 heteroatoms. The Balaban J connectivity index is 1.33. The Morgan fingerprint density at radius 3 is 2.11 bits per heavy atom. The van der Waals surface area contributed by atoms with Crippen molar-refractivity contribution in [2.45, 2.75) is 25.4 Å². The second-order valence-corrected chi connectivity index (χ2v) is 9.30. The number of allylic oxidation sites excluding steroid dienone is 2. The molecule has 3 aromatic rings. The number of rotatable bonds is 2. The van der Waals surface area contributed by atoms with Crippen molar-refractivity contribution >= 4 is 21.5 Å². The predicted octanol–water partition coefficient (Wildman–Crippen LogP) is 6.22. The van der Waals surface area contributed by atoms with E-state index in [1.54, 1.807) is 0 Å². The van der Waals surface area contributed by atoms with Crippen LogP contribution in [0.3, 0.4) is 0 Å². The zero-order valence-electron chi connectivity index (χ0n) is 15.4. The molecule has 0 saturated heterocycles. The molecule has 4 aliphatic carbocycles. The number of hydrogen-bond donors (Lipinski definition) is 0. The fraction of sp³-hybridized carbons (Fsp3) is 0.385. The van der Waals surface area contributed by atoms with Gasteiger partial charge in [-0.15, -0.1) is 0 Å². The van der Waals surface area contributed by atoms with E-state index in [0.717, 1.165) is 41.3 Å². The topological polar surface area (TPSA) is 9.23 Å². The molecule has 0 spiro atoms. The van der Waals surface area contributed by atoms with E-state index >= 15 is 0 Å². The van der Waals surface area contributed by atoms with Crippen LogP contribution in [0.2, 0.25) is 0 Å². The van der Waals surface area contributed by atoms with Gasteiger partial charge in [0.2, 0.25) is 0 Å². The van der Waals surface area contributed by atoms with Gasteiger partial charge in [-0.25, -0.2) is 0 Å². The molecule has 27 heavy (non-hydrogen) atoms. The maximum Gasteiger partial charge on any atom is 0.135 e. The lowest BCUT2D eigenvalue weighted by Crippen LogP contribution is -2.36. The summed E-state index contributed by atoms with van der Waals surface area (Å²) < 4.78 is 6.93. The standard InChI is InChI=1S/C26H24O/c1-3-7-20-15(5-1)11-16-6-2-4-8-21(16)26(20)27-23-14-19-13-22(23)25-18-10-9-17(12-18)24(19)25/h1-11,17-19,22-25H,12-14H2. The Morgan fingerprint density at radius 1 is 0.704 bits per heavy atom. The highest BCUT2D eigenvalue weighted by Crippen LogP contribution is 2.65. The van der Waals surface area contributed by atoms with Crippen molar-refractivity contribution in [1.82, 2.24) is 0 Å². The minimum atomic E-state index is 0.401. The molecule has 0 aromatic heterocycles. The molecule has 3 fully saturated rings. The van der Waals surface area contributed by atoms with Gasteiger partial charge in [-0.3, -0.25) is 0 Å². The van der Waals surface area contributed by atoms with Crippen molar-refractivity contribution in [1.29, 1.82) is 0 Å². The Hall–Kier alpha value is -2.28. The van der Waals surface area contributed by atoms with Crippen molar-refractivity contribution in [2.24, 2.45) is 35.5 Å². The second-order valence-electron chi connectivity index (χ2n) is 9.30. The Kier molecular flexibility index (Phi) is 2.82. The van der Waals surface area contributed by atoms with Crippen LogP contribution in [0.1, 0.15) is 19.3 Å². The number of ether oxygens (including phenoxy) is 1. The molecule has 4 aliphatic rings. The van der Waals surface area contributed by atoms with Crippen LogP contribution in [-0.4, -0.2) is 6.10 Å². The molecule has 1 nitrogen and oxygen atoms in total. The highest BCUT2D eigenvalue weighted by atomic mass is 16.5. The van der Waals surface area contributed by atoms with Crippen molar-refractivity contribution in [3.63, 3.8) is 0 Å². The van der Waals surface area contributed by atoms with Crippen molar-refractivity contribution in [3.8, 4) is 5.75 Å². The average Bonchev–Trinajstić information content (AvgIpc) is 3.47. The lowest BCUT2D eigenvalue weighted by molar-refractivity contribution is 0.0686. The quantitative estimate of drug-likeness (QED) is 0.302. The van der Waals surface area contributed by atoms with Crippen LogP contribution in [0.15, 0.2) is 66.7 Å². The zero-order valence-corrected chi connectivity index (χ0v) is 15.4. The van der Waals surface area contributed by atoms with Gasteiger partial charge in [0.25, 0.3) is 0 Å². The lowest BCUT2D eigenvalue weighted by atomic mass is 9.72. The third-order valence-corrected chi connectivity index (χ3v) is 8.20. The van der Waals surface area contributed by atoms with E-state index in [-0.39, 0.29) is 0 Å². The van der Waals surface area contributed by atoms with Crippen LogP contribution in [0.4, 0.5) is 0 Å². The molecule has 7 atom stereocenters. The SMILES string of the molecule is C1=CC2CC1C1C3CC(Oc4c5ccccc5cc5ccccc45)C(C3)C21. The van der Waals surface area contributed by atoms with Crippen molar-refractivity contribution in [3.05, 3.63) is 66.7 Å². The molecule has 3 aromatic carbocycles. The van der Waals surface area contributed by atoms with E-state index in [4.69, 9.17) is 4.74 Å². The molecule has 4 bridgehead atoms. The van der Waals surface area contributed by atoms with E-state index in [9.17, 15) is 0 Å². The smallest absolute Gasteiger partial charge is 0.135 e. The van der Waals surface area contributed by atoms with E-state index in [0.29, 0.717) is 6.10 Å². The van der Waals surface area contributed by atoms with Gasteiger partial charge < -0.3 is 4.74 Å². The molecule has 0 N–H and O–H groups in total. The Bertz CT molecular complexity index is 1040. The lowest BCUT2D eigenvalue weighted by Gasteiger charge is -2.37. The highest BCUT2D eigenvalue weighted by Gasteiger charge is 2.61. The Labute approximate surface area is 160 Å². The summed E-state index contributed by atoms with van der Waals surface area (Å²) in [6, 6.07) is 19.7. The summed E-state index contributed by atoms with van der Waals surface area (Å²) in [6.07, 6.45) is 9.54. The summed E-state index contributed by atoms with van der Waals surface area (Å²) >= 11 is 0. The first-order valence-corrected chi connectivity index (χ1v) is 10.6. The normalized spacial score (nSPS) is 38.1. The van der Waals surface area contributed by atoms with E-state index in [2.05, 4.69) is 66.7 Å². The number of hydrogen-bond acceptors (Lipinski definition) is 1. The summed E-state index contributed by atoms with van der Waals surface area (Å²) in [5, 5.41) is 5.11. The minimum absolute atomic E-state index is 0.401. The van der Waals surface area contributed by atoms with Crippen molar-refractivity contribution in [2.75, 3.05) is 0 Å². The molecule has 7 unspecified atom stereocenters. The first kappa shape index (κ1) is 14.7. The van der Waals surface area contributed by atoms with Crippen LogP contribution < -0.4 is 4.74 Å². The molecule has 0 heterocycles. The maximum absolute atomic E-state index is 6.93. The van der Waals surface area contributed by atoms with Crippen LogP contribution in [0.5, 0.6) is 5.75 Å². The van der Waals surface area contributed by atoms with E-state index in [1.807, 2.05) is 0 Å². The molecular formula is C26H24O. The van der Waals surface area contributed by atoms with Gasteiger partial charge >= 0.3 is 0 Å². The first-order valence-electron chi connectivity index (χ1n) is 10.6. The molecule has 134 valence electrons. The van der Waals surface area contributed by atoms with Crippen LogP contribution in [0.25, 0.3) is 21.5 Å². The summed E-state index contributed by atoms with van der Waals surface area (Å²) in [6.45, 7) is 0. The summed E-state index contributed by atoms with van der Waals surface area (Å²) in [5.41, 5.74) is 0. The Morgan fingerprint density at radius 2 is 1.37 bits per heavy atom. The van der Waals surface area contributed by atoms with Gasteiger partial charge in [0, 0.05) is 10.8 Å². The van der Waals surface area contributed by atoms with Crippen molar-refractivity contribution < 1.29 is 4.74 Å². The molecular weight excluding hydrogens is 328 g/mol. The molecule has 0 radical (unpaired) electrons. The van der Waals surface area contributed by atoms with Gasteiger partial charge in [-0.05, 0) is 71.6 Å².